The van der Waals surface area contributed by atoms with Gasteiger partial charge in [-0.1, -0.05) is 51.1 Å². The summed E-state index contributed by atoms with van der Waals surface area (Å²) in [6.07, 6.45) is 1.09. The summed E-state index contributed by atoms with van der Waals surface area (Å²) in [5.74, 6) is -0.735. The summed E-state index contributed by atoms with van der Waals surface area (Å²) in [6.45, 7) is 12.9. The van der Waals surface area contributed by atoms with Crippen LogP contribution in [0.25, 0.3) is 0 Å². The van der Waals surface area contributed by atoms with Gasteiger partial charge in [0.1, 0.15) is 5.60 Å². The molecule has 0 fully saturated rings. The van der Waals surface area contributed by atoms with Gasteiger partial charge < -0.3 is 9.84 Å². The second kappa shape index (κ2) is 12.7. The second-order valence-electron chi connectivity index (χ2n) is 6.10. The van der Waals surface area contributed by atoms with Crippen LogP contribution in [-0.2, 0) is 20.7 Å². The molecule has 1 atom stereocenters. The largest absolute Gasteiger partial charge is 0.481 e. The van der Waals surface area contributed by atoms with Crippen molar-refractivity contribution >= 4 is 11.9 Å². The topological polar surface area (TPSA) is 63.6 Å². The predicted octanol–water partition coefficient (Wildman–Crippen LogP) is 4.71. The molecule has 0 saturated heterocycles. The minimum atomic E-state index is -0.719. The summed E-state index contributed by atoms with van der Waals surface area (Å²) in [5, 5.41) is 8.56. The van der Waals surface area contributed by atoms with E-state index in [2.05, 4.69) is 0 Å². The summed E-state index contributed by atoms with van der Waals surface area (Å²) >= 11 is 0. The third-order valence-corrected chi connectivity index (χ3v) is 2.40. The van der Waals surface area contributed by atoms with E-state index in [0.717, 1.165) is 6.42 Å². The summed E-state index contributed by atoms with van der Waals surface area (Å²) in [6, 6.07) is 9.97. The van der Waals surface area contributed by atoms with E-state index >= 15 is 0 Å². The van der Waals surface area contributed by atoms with Crippen LogP contribution >= 0.6 is 0 Å². The molecule has 0 amide bonds. The van der Waals surface area contributed by atoms with Gasteiger partial charge in [-0.25, -0.2) is 0 Å². The highest BCUT2D eigenvalue weighted by Crippen LogP contribution is 2.11. The van der Waals surface area contributed by atoms with Crippen molar-refractivity contribution in [3.8, 4) is 0 Å². The number of hydrogen-bond donors (Lipinski definition) is 1. The number of benzene rings is 1. The molecule has 1 rings (SSSR count). The molecule has 1 N–H and O–H groups in total. The van der Waals surface area contributed by atoms with Crippen LogP contribution in [0.15, 0.2) is 30.3 Å². The van der Waals surface area contributed by atoms with Crippen LogP contribution in [0.3, 0.4) is 0 Å². The zero-order valence-corrected chi connectivity index (χ0v) is 15.6. The molecule has 4 heteroatoms. The number of ether oxygens (including phenoxy) is 1. The third kappa shape index (κ3) is 18.1. The maximum atomic E-state index is 10.4. The maximum absolute atomic E-state index is 10.4. The molecule has 0 aliphatic carbocycles. The average Bonchev–Trinajstić information content (AvgIpc) is 2.38. The number of esters is 1. The summed E-state index contributed by atoms with van der Waals surface area (Å²) in [4.78, 5) is 20.6. The van der Waals surface area contributed by atoms with Crippen LogP contribution in [0.1, 0.15) is 60.5 Å². The van der Waals surface area contributed by atoms with Crippen LogP contribution in [-0.4, -0.2) is 22.6 Å². The van der Waals surface area contributed by atoms with Crippen molar-refractivity contribution in [2.24, 2.45) is 5.92 Å². The van der Waals surface area contributed by atoms with E-state index in [0.29, 0.717) is 0 Å². The Morgan fingerprint density at radius 1 is 1.13 bits per heavy atom. The van der Waals surface area contributed by atoms with Gasteiger partial charge in [-0.05, 0) is 38.7 Å². The molecule has 1 aromatic rings. The highest BCUT2D eigenvalue weighted by atomic mass is 16.6. The molecule has 0 spiro atoms. The molecule has 0 saturated carbocycles. The van der Waals surface area contributed by atoms with E-state index in [1.54, 1.807) is 0 Å². The Morgan fingerprint density at radius 3 is 1.91 bits per heavy atom. The lowest BCUT2D eigenvalue weighted by Crippen LogP contribution is -2.21. The zero-order chi connectivity index (χ0) is 18.5. The van der Waals surface area contributed by atoms with E-state index in [9.17, 15) is 9.59 Å². The smallest absolute Gasteiger partial charge is 0.303 e. The SMILES string of the molecule is CC.CC(=O)OC(C)(C)C.CC(CC(=O)O)Cc1ccccc1. The van der Waals surface area contributed by atoms with Gasteiger partial charge in [0.25, 0.3) is 0 Å². The molecule has 1 unspecified atom stereocenters. The summed E-state index contributed by atoms with van der Waals surface area (Å²) in [5.41, 5.74) is 0.877. The predicted molar refractivity (Wildman–Crippen MR) is 94.4 cm³/mol. The Balaban J connectivity index is 0. The number of hydrogen-bond acceptors (Lipinski definition) is 3. The lowest BCUT2D eigenvalue weighted by atomic mass is 9.98. The van der Waals surface area contributed by atoms with Crippen LogP contribution < -0.4 is 0 Å². The lowest BCUT2D eigenvalue weighted by Gasteiger charge is -2.17. The zero-order valence-electron chi connectivity index (χ0n) is 15.6. The average molecular weight is 324 g/mol. The Morgan fingerprint density at radius 2 is 1.61 bits per heavy atom. The van der Waals surface area contributed by atoms with E-state index in [1.165, 1.54) is 12.5 Å². The lowest BCUT2D eigenvalue weighted by molar-refractivity contribution is -0.152. The van der Waals surface area contributed by atoms with E-state index in [4.69, 9.17) is 9.84 Å². The first kappa shape index (κ1) is 23.4. The molecular weight excluding hydrogens is 292 g/mol. The van der Waals surface area contributed by atoms with Crippen molar-refractivity contribution in [3.63, 3.8) is 0 Å². The van der Waals surface area contributed by atoms with Gasteiger partial charge in [-0.2, -0.15) is 0 Å². The molecule has 0 heterocycles. The minimum absolute atomic E-state index is 0.208. The molecule has 1 aromatic carbocycles. The Labute approximate surface area is 140 Å². The fourth-order valence-corrected chi connectivity index (χ4v) is 1.82. The minimum Gasteiger partial charge on any atom is -0.481 e. The van der Waals surface area contributed by atoms with Crippen molar-refractivity contribution in [2.75, 3.05) is 0 Å². The molecule has 4 nitrogen and oxygen atoms in total. The Hall–Kier alpha value is -1.84. The van der Waals surface area contributed by atoms with Crippen LogP contribution in [0.5, 0.6) is 0 Å². The van der Waals surface area contributed by atoms with Crippen LogP contribution in [0.2, 0.25) is 0 Å². The quantitative estimate of drug-likeness (QED) is 0.814. The van der Waals surface area contributed by atoms with Gasteiger partial charge in [0, 0.05) is 13.3 Å². The van der Waals surface area contributed by atoms with Crippen molar-refractivity contribution < 1.29 is 19.4 Å². The van der Waals surface area contributed by atoms with Gasteiger partial charge in [-0.15, -0.1) is 0 Å². The van der Waals surface area contributed by atoms with Gasteiger partial charge in [0.15, 0.2) is 0 Å². The first-order chi connectivity index (χ1) is 10.6. The Kier molecular flexibility index (Phi) is 12.9. The van der Waals surface area contributed by atoms with E-state index in [-0.39, 0.29) is 23.9 Å². The summed E-state index contributed by atoms with van der Waals surface area (Å²) < 4.78 is 4.80. The number of carboxylic acid groups (broad SMARTS) is 1. The van der Waals surface area contributed by atoms with Crippen molar-refractivity contribution in [1.82, 2.24) is 0 Å². The first-order valence-corrected chi connectivity index (χ1v) is 8.05. The molecule has 132 valence electrons. The molecular formula is C19H32O4. The number of carbonyl (C=O) groups excluding carboxylic acids is 1. The third-order valence-electron chi connectivity index (χ3n) is 2.40. The van der Waals surface area contributed by atoms with Gasteiger partial charge >= 0.3 is 11.9 Å². The number of carboxylic acids is 1. The second-order valence-corrected chi connectivity index (χ2v) is 6.10. The number of rotatable bonds is 4. The highest BCUT2D eigenvalue weighted by Gasteiger charge is 2.11. The van der Waals surface area contributed by atoms with Gasteiger partial charge in [0.05, 0.1) is 0 Å². The van der Waals surface area contributed by atoms with Crippen molar-refractivity contribution in [3.05, 3.63) is 35.9 Å². The van der Waals surface area contributed by atoms with Crippen LogP contribution in [0.4, 0.5) is 0 Å². The van der Waals surface area contributed by atoms with Gasteiger partial charge in [0.2, 0.25) is 0 Å². The molecule has 0 aromatic heterocycles. The van der Waals surface area contributed by atoms with Crippen LogP contribution in [0, 0.1) is 5.92 Å². The highest BCUT2D eigenvalue weighted by molar-refractivity contribution is 5.67. The maximum Gasteiger partial charge on any atom is 0.303 e. The fraction of sp³-hybridized carbons (Fsp3) is 0.579. The van der Waals surface area contributed by atoms with Crippen molar-refractivity contribution in [2.45, 2.75) is 66.9 Å². The molecule has 0 radical (unpaired) electrons. The molecule has 23 heavy (non-hydrogen) atoms. The normalized spacial score (nSPS) is 11.1. The molecule has 0 bridgehead atoms. The standard InChI is InChI=1S/C11H14O2.C6H12O2.C2H6/c1-9(8-11(12)13)7-10-5-3-2-4-6-10;1-5(7)8-6(2,3)4;1-2/h2-6,9H,7-8H2,1H3,(H,12,13);1-4H3;1-2H3. The number of carbonyl (C=O) groups is 2. The summed E-state index contributed by atoms with van der Waals surface area (Å²) in [7, 11) is 0. The van der Waals surface area contributed by atoms with Crippen molar-refractivity contribution in [1.29, 1.82) is 0 Å². The first-order valence-electron chi connectivity index (χ1n) is 8.05. The Bertz CT molecular complexity index is 432. The van der Waals surface area contributed by atoms with E-state index in [1.807, 2.05) is 71.9 Å². The van der Waals surface area contributed by atoms with Gasteiger partial charge in [-0.3, -0.25) is 9.59 Å². The number of aliphatic carboxylic acids is 1. The van der Waals surface area contributed by atoms with E-state index < -0.39 is 5.97 Å². The monoisotopic (exact) mass is 324 g/mol. The molecule has 0 aliphatic heterocycles. The fourth-order valence-electron chi connectivity index (χ4n) is 1.82. The molecule has 0 aliphatic rings.